The Hall–Kier alpha value is -3.54. The van der Waals surface area contributed by atoms with Gasteiger partial charge in [-0.15, -0.1) is 0 Å². The van der Waals surface area contributed by atoms with Crippen molar-refractivity contribution in [1.29, 1.82) is 0 Å². The van der Waals surface area contributed by atoms with Crippen LogP contribution in [0.1, 0.15) is 36.9 Å². The molecular weight excluding hydrogens is 480 g/mol. The van der Waals surface area contributed by atoms with E-state index < -0.39 is 30.0 Å². The number of amides is 1. The van der Waals surface area contributed by atoms with E-state index >= 15 is 0 Å². The molecule has 12 heteroatoms. The number of pyridine rings is 1. The number of halogens is 4. The quantitative estimate of drug-likeness (QED) is 0.501. The van der Waals surface area contributed by atoms with Gasteiger partial charge in [0.2, 0.25) is 17.6 Å². The number of anilines is 1. The highest BCUT2D eigenvalue weighted by molar-refractivity contribution is 6.01. The summed E-state index contributed by atoms with van der Waals surface area (Å²) >= 11 is 0. The van der Waals surface area contributed by atoms with Gasteiger partial charge in [0.25, 0.3) is 0 Å². The fraction of sp³-hybridized carbons (Fsp3) is 0.417. The van der Waals surface area contributed by atoms with Crippen LogP contribution < -0.4 is 10.6 Å². The molecule has 0 aliphatic carbocycles. The molecule has 4 heterocycles. The molecule has 0 saturated carbocycles. The molecule has 2 saturated heterocycles. The van der Waals surface area contributed by atoms with Crippen molar-refractivity contribution in [2.24, 2.45) is 0 Å². The average molecular weight is 504 g/mol. The Morgan fingerprint density at radius 3 is 2.75 bits per heavy atom. The Morgan fingerprint density at radius 2 is 2.06 bits per heavy atom. The summed E-state index contributed by atoms with van der Waals surface area (Å²) in [7, 11) is 1.84. The number of hydrogen-bond donors (Lipinski definition) is 2. The summed E-state index contributed by atoms with van der Waals surface area (Å²) in [6.45, 7) is 4.19. The molecule has 2 aliphatic rings. The van der Waals surface area contributed by atoms with Gasteiger partial charge in [0, 0.05) is 36.0 Å². The van der Waals surface area contributed by atoms with E-state index in [0.29, 0.717) is 36.9 Å². The monoisotopic (exact) mass is 504 g/mol. The van der Waals surface area contributed by atoms with E-state index in [1.165, 1.54) is 6.07 Å². The number of nitrogens with one attached hydrogen (secondary N) is 2. The summed E-state index contributed by atoms with van der Waals surface area (Å²) < 4.78 is 61.1. The minimum absolute atomic E-state index is 0.0262. The van der Waals surface area contributed by atoms with Crippen LogP contribution in [0.15, 0.2) is 35.4 Å². The van der Waals surface area contributed by atoms with Crippen molar-refractivity contribution in [2.75, 3.05) is 25.5 Å². The van der Waals surface area contributed by atoms with Gasteiger partial charge in [-0.25, -0.2) is 9.37 Å². The van der Waals surface area contributed by atoms with E-state index in [2.05, 4.69) is 32.3 Å². The largest absolute Gasteiger partial charge is 0.417 e. The minimum atomic E-state index is -4.73. The molecule has 0 spiro atoms. The van der Waals surface area contributed by atoms with Gasteiger partial charge in [-0.2, -0.15) is 18.2 Å². The molecule has 36 heavy (non-hydrogen) atoms. The Kier molecular flexibility index (Phi) is 6.15. The maximum Gasteiger partial charge on any atom is 0.417 e. The highest BCUT2D eigenvalue weighted by Gasteiger charge is 2.36. The molecular formula is C24H24F4N6O2. The normalized spacial score (nSPS) is 23.1. The Labute approximate surface area is 203 Å². The van der Waals surface area contributed by atoms with Crippen LogP contribution in [-0.2, 0) is 4.79 Å². The second-order valence-electron chi connectivity index (χ2n) is 9.17. The van der Waals surface area contributed by atoms with Crippen molar-refractivity contribution < 1.29 is 26.9 Å². The van der Waals surface area contributed by atoms with Gasteiger partial charge in [-0.1, -0.05) is 23.9 Å². The fourth-order valence-corrected chi connectivity index (χ4v) is 4.58. The second kappa shape index (κ2) is 9.16. The van der Waals surface area contributed by atoms with Crippen molar-refractivity contribution in [3.63, 3.8) is 0 Å². The Morgan fingerprint density at radius 1 is 1.25 bits per heavy atom. The topological polar surface area (TPSA) is 96.2 Å². The highest BCUT2D eigenvalue weighted by Crippen LogP contribution is 2.39. The van der Waals surface area contributed by atoms with Gasteiger partial charge in [-0.05, 0) is 32.0 Å². The summed E-state index contributed by atoms with van der Waals surface area (Å²) in [4.78, 5) is 21.9. The lowest BCUT2D eigenvalue weighted by Crippen LogP contribution is -2.46. The van der Waals surface area contributed by atoms with Crippen LogP contribution >= 0.6 is 0 Å². The first-order chi connectivity index (χ1) is 17.1. The number of nitrogens with zero attached hydrogens (tertiary/aromatic N) is 4. The van der Waals surface area contributed by atoms with Crippen LogP contribution in [0, 0.1) is 0 Å². The number of allylic oxidation sites excluding steroid dienone is 1. The maximum absolute atomic E-state index is 14.7. The molecule has 1 aromatic carbocycles. The maximum atomic E-state index is 14.7. The van der Waals surface area contributed by atoms with E-state index in [0.717, 1.165) is 0 Å². The van der Waals surface area contributed by atoms with E-state index in [1.54, 1.807) is 18.2 Å². The molecule has 5 rings (SSSR count). The molecule has 2 fully saturated rings. The van der Waals surface area contributed by atoms with E-state index in [-0.39, 0.29) is 40.9 Å². The summed E-state index contributed by atoms with van der Waals surface area (Å²) in [5, 5.41) is 10.4. The zero-order chi connectivity index (χ0) is 25.6. The first-order valence-electron chi connectivity index (χ1n) is 11.5. The first-order valence-corrected chi connectivity index (χ1v) is 11.5. The molecule has 2 aliphatic heterocycles. The lowest BCUT2D eigenvalue weighted by Gasteiger charge is -2.33. The predicted octanol–water partition coefficient (Wildman–Crippen LogP) is 4.27. The van der Waals surface area contributed by atoms with Gasteiger partial charge in [0.1, 0.15) is 17.9 Å². The van der Waals surface area contributed by atoms with E-state index in [9.17, 15) is 22.4 Å². The predicted molar refractivity (Wildman–Crippen MR) is 125 cm³/mol. The number of piperidine rings is 1. The van der Waals surface area contributed by atoms with Crippen LogP contribution in [0.2, 0.25) is 0 Å². The number of rotatable bonds is 5. The first kappa shape index (κ1) is 24.2. The molecule has 1 unspecified atom stereocenters. The zero-order valence-electron chi connectivity index (χ0n) is 19.4. The lowest BCUT2D eigenvalue weighted by atomic mass is 9.99. The zero-order valence-corrected chi connectivity index (χ0v) is 19.4. The molecule has 0 radical (unpaired) electrons. The number of benzene rings is 1. The molecule has 3 atom stereocenters. The third kappa shape index (κ3) is 4.64. The highest BCUT2D eigenvalue weighted by atomic mass is 19.4. The number of fused-ring (bicyclic) bond motifs is 1. The Balaban J connectivity index is 1.59. The number of carbonyl (C=O) groups is 1. The lowest BCUT2D eigenvalue weighted by molar-refractivity contribution is -0.119. The summed E-state index contributed by atoms with van der Waals surface area (Å²) in [6.07, 6.45) is -4.55. The van der Waals surface area contributed by atoms with Crippen LogP contribution in [-0.4, -0.2) is 64.5 Å². The summed E-state index contributed by atoms with van der Waals surface area (Å²) in [5.41, 5.74) is -0.992. The molecule has 3 aromatic rings. The summed E-state index contributed by atoms with van der Waals surface area (Å²) in [5.74, 6) is -0.0307. The van der Waals surface area contributed by atoms with Crippen LogP contribution in [0.4, 0.5) is 23.2 Å². The van der Waals surface area contributed by atoms with Crippen LogP contribution in [0.3, 0.4) is 0 Å². The molecule has 8 nitrogen and oxygen atoms in total. The third-order valence-electron chi connectivity index (χ3n) is 6.55. The van der Waals surface area contributed by atoms with Crippen molar-refractivity contribution in [2.45, 2.75) is 43.7 Å². The van der Waals surface area contributed by atoms with Crippen LogP contribution in [0.25, 0.3) is 27.9 Å². The summed E-state index contributed by atoms with van der Waals surface area (Å²) in [6, 6.07) is 5.38. The number of hydrogen-bond acceptors (Lipinski definition) is 7. The average Bonchev–Trinajstić information content (AvgIpc) is 3.48. The minimum Gasteiger partial charge on any atom is -0.379 e. The van der Waals surface area contributed by atoms with Gasteiger partial charge >= 0.3 is 6.18 Å². The van der Waals surface area contributed by atoms with Gasteiger partial charge in [0.05, 0.1) is 17.3 Å². The second-order valence-corrected chi connectivity index (χ2v) is 9.17. The third-order valence-corrected chi connectivity index (χ3v) is 6.55. The SMILES string of the molecule is C=C(c1nc(-c2noc(C3CCC(=O)N3)n2)cc2c(N[C@@H]3CCN(C)C[C@@H]3F)cccc12)C(F)(F)F. The molecule has 190 valence electrons. The van der Waals surface area contributed by atoms with Gasteiger partial charge in [-0.3, -0.25) is 4.79 Å². The number of aromatic nitrogens is 3. The molecule has 2 N–H and O–H groups in total. The molecule has 0 bridgehead atoms. The molecule has 2 aromatic heterocycles. The van der Waals surface area contributed by atoms with Crippen molar-refractivity contribution in [3.05, 3.63) is 42.4 Å². The Bertz CT molecular complexity index is 1320. The number of carbonyl (C=O) groups excluding carboxylic acids is 1. The molecule has 1 amide bonds. The van der Waals surface area contributed by atoms with Gasteiger partial charge in [0.15, 0.2) is 0 Å². The van der Waals surface area contributed by atoms with Crippen molar-refractivity contribution in [3.8, 4) is 11.5 Å². The number of alkyl halides is 4. The van der Waals surface area contributed by atoms with Crippen LogP contribution in [0.5, 0.6) is 0 Å². The van der Waals surface area contributed by atoms with Gasteiger partial charge < -0.3 is 20.1 Å². The van der Waals surface area contributed by atoms with E-state index in [4.69, 9.17) is 4.52 Å². The van der Waals surface area contributed by atoms with E-state index in [1.807, 2.05) is 11.9 Å². The van der Waals surface area contributed by atoms with Crippen molar-refractivity contribution in [1.82, 2.24) is 25.3 Å². The number of likely N-dealkylation sites (tertiary alicyclic amines) is 1. The smallest absolute Gasteiger partial charge is 0.379 e. The fourth-order valence-electron chi connectivity index (χ4n) is 4.58. The van der Waals surface area contributed by atoms with Crippen molar-refractivity contribution >= 4 is 27.9 Å². The standard InChI is InChI=1S/C24H24F4N6O2/c1-12(24(26,27)28)21-13-4-3-5-16(29-17-8-9-34(2)11-15(17)25)14(13)10-19(31-21)22-32-23(36-33-22)18-6-7-20(35)30-18/h3-5,10,15,17-18,29H,1,6-9,11H2,2H3,(H,30,35)/t15-,17+,18?/m0/s1.